The fourth-order valence-corrected chi connectivity index (χ4v) is 4.08. The smallest absolute Gasteiger partial charge is 0.243 e. The van der Waals surface area contributed by atoms with Gasteiger partial charge >= 0.3 is 0 Å². The summed E-state index contributed by atoms with van der Waals surface area (Å²) in [6.07, 6.45) is 1.53. The number of fused-ring (bicyclic) bond motifs is 1. The number of ether oxygens (including phenoxy) is 2. The van der Waals surface area contributed by atoms with Gasteiger partial charge < -0.3 is 9.47 Å². The maximum Gasteiger partial charge on any atom is 0.243 e. The molecule has 0 saturated carbocycles. The highest BCUT2D eigenvalue weighted by Crippen LogP contribution is 2.33. The fourth-order valence-electron chi connectivity index (χ4n) is 2.67. The van der Waals surface area contributed by atoms with E-state index in [9.17, 15) is 8.42 Å². The molecule has 1 heterocycles. The maximum absolute atomic E-state index is 13.1. The standard InChI is InChI=1S/C19H18N2O4S/c1-2-8-21(14-16-5-3-4-15(11-16)13-20)26(22,23)17-6-7-18-19(12-17)25-10-9-24-18/h2-7,11-12H,1,8-10,14H2. The van der Waals surface area contributed by atoms with E-state index in [1.54, 1.807) is 30.3 Å². The number of nitriles is 1. The third-order valence-electron chi connectivity index (χ3n) is 3.90. The van der Waals surface area contributed by atoms with Gasteiger partial charge in [-0.05, 0) is 29.8 Å². The van der Waals surface area contributed by atoms with Crippen LogP contribution in [0.15, 0.2) is 60.0 Å². The SMILES string of the molecule is C=CCN(Cc1cccc(C#N)c1)S(=O)(=O)c1ccc2c(c1)OCCO2. The van der Waals surface area contributed by atoms with Gasteiger partial charge in [-0.15, -0.1) is 6.58 Å². The first-order valence-electron chi connectivity index (χ1n) is 8.04. The van der Waals surface area contributed by atoms with Gasteiger partial charge in [0.1, 0.15) is 13.2 Å². The average molecular weight is 370 g/mol. The predicted molar refractivity (Wildman–Crippen MR) is 96.4 cm³/mol. The molecule has 134 valence electrons. The summed E-state index contributed by atoms with van der Waals surface area (Å²) < 4.78 is 38.4. The second-order valence-electron chi connectivity index (χ2n) is 5.70. The zero-order valence-electron chi connectivity index (χ0n) is 14.1. The Morgan fingerprint density at radius 1 is 1.15 bits per heavy atom. The molecule has 2 aromatic carbocycles. The Bertz CT molecular complexity index is 964. The molecule has 0 fully saturated rings. The number of benzene rings is 2. The van der Waals surface area contributed by atoms with Gasteiger partial charge in [0, 0.05) is 19.2 Å². The molecule has 1 aliphatic heterocycles. The van der Waals surface area contributed by atoms with Crippen LogP contribution >= 0.6 is 0 Å². The molecular formula is C19H18N2O4S. The molecule has 26 heavy (non-hydrogen) atoms. The second kappa shape index (κ2) is 7.60. The Morgan fingerprint density at radius 2 is 1.92 bits per heavy atom. The van der Waals surface area contributed by atoms with Crippen molar-refractivity contribution in [2.45, 2.75) is 11.4 Å². The third kappa shape index (κ3) is 3.72. The van der Waals surface area contributed by atoms with E-state index in [1.165, 1.54) is 22.5 Å². The predicted octanol–water partition coefficient (Wildman–Crippen LogP) is 2.71. The monoisotopic (exact) mass is 370 g/mol. The van der Waals surface area contributed by atoms with Gasteiger partial charge in [0.05, 0.1) is 16.5 Å². The van der Waals surface area contributed by atoms with E-state index in [-0.39, 0.29) is 18.0 Å². The summed E-state index contributed by atoms with van der Waals surface area (Å²) in [6.45, 7) is 4.76. The van der Waals surface area contributed by atoms with Crippen molar-refractivity contribution < 1.29 is 17.9 Å². The summed E-state index contributed by atoms with van der Waals surface area (Å²) in [4.78, 5) is 0.125. The summed E-state index contributed by atoms with van der Waals surface area (Å²) in [5.41, 5.74) is 1.21. The summed E-state index contributed by atoms with van der Waals surface area (Å²) >= 11 is 0. The Balaban J connectivity index is 1.93. The minimum Gasteiger partial charge on any atom is -0.486 e. The van der Waals surface area contributed by atoms with Crippen molar-refractivity contribution in [2.24, 2.45) is 0 Å². The topological polar surface area (TPSA) is 79.6 Å². The Labute approximate surface area is 152 Å². The van der Waals surface area contributed by atoms with Gasteiger partial charge in [0.25, 0.3) is 0 Å². The third-order valence-corrected chi connectivity index (χ3v) is 5.71. The van der Waals surface area contributed by atoms with Crippen molar-refractivity contribution in [1.29, 1.82) is 5.26 Å². The highest BCUT2D eigenvalue weighted by molar-refractivity contribution is 7.89. The van der Waals surface area contributed by atoms with Crippen LogP contribution in [0.3, 0.4) is 0 Å². The van der Waals surface area contributed by atoms with Gasteiger partial charge in [-0.2, -0.15) is 9.57 Å². The lowest BCUT2D eigenvalue weighted by Crippen LogP contribution is -2.31. The number of hydrogen-bond acceptors (Lipinski definition) is 5. The van der Waals surface area contributed by atoms with E-state index in [4.69, 9.17) is 14.7 Å². The first kappa shape index (κ1) is 18.0. The number of rotatable bonds is 6. The molecule has 0 atom stereocenters. The summed E-state index contributed by atoms with van der Waals surface area (Å²) in [5, 5.41) is 9.03. The molecule has 7 heteroatoms. The second-order valence-corrected chi connectivity index (χ2v) is 7.64. The van der Waals surface area contributed by atoms with Crippen molar-refractivity contribution >= 4 is 10.0 Å². The summed E-state index contributed by atoms with van der Waals surface area (Å²) in [6, 6.07) is 13.5. The molecule has 0 bridgehead atoms. The van der Waals surface area contributed by atoms with Crippen LogP contribution in [0.1, 0.15) is 11.1 Å². The van der Waals surface area contributed by atoms with Crippen LogP contribution in [0.4, 0.5) is 0 Å². The van der Waals surface area contributed by atoms with Gasteiger partial charge in [0.15, 0.2) is 11.5 Å². The highest BCUT2D eigenvalue weighted by atomic mass is 32.2. The van der Waals surface area contributed by atoms with Crippen molar-refractivity contribution in [2.75, 3.05) is 19.8 Å². The molecule has 0 amide bonds. The Hall–Kier alpha value is -2.82. The molecule has 0 radical (unpaired) electrons. The van der Waals surface area contributed by atoms with E-state index in [0.717, 1.165) is 5.56 Å². The highest BCUT2D eigenvalue weighted by Gasteiger charge is 2.26. The van der Waals surface area contributed by atoms with E-state index >= 15 is 0 Å². The molecule has 3 rings (SSSR count). The van der Waals surface area contributed by atoms with Crippen molar-refractivity contribution in [3.63, 3.8) is 0 Å². The molecule has 0 spiro atoms. The first-order chi connectivity index (χ1) is 12.5. The minimum atomic E-state index is -3.77. The molecule has 1 aliphatic rings. The van der Waals surface area contributed by atoms with Gasteiger partial charge in [0.2, 0.25) is 10.0 Å². The number of nitrogens with zero attached hydrogens (tertiary/aromatic N) is 2. The van der Waals surface area contributed by atoms with Crippen LogP contribution in [-0.4, -0.2) is 32.5 Å². The first-order valence-corrected chi connectivity index (χ1v) is 9.48. The lowest BCUT2D eigenvalue weighted by molar-refractivity contribution is 0.171. The fraction of sp³-hybridized carbons (Fsp3) is 0.211. The van der Waals surface area contributed by atoms with Gasteiger partial charge in [-0.1, -0.05) is 18.2 Å². The Morgan fingerprint density at radius 3 is 2.65 bits per heavy atom. The van der Waals surface area contributed by atoms with Crippen molar-refractivity contribution in [1.82, 2.24) is 4.31 Å². The Kier molecular flexibility index (Phi) is 5.26. The number of sulfonamides is 1. The molecule has 0 unspecified atom stereocenters. The van der Waals surface area contributed by atoms with Crippen molar-refractivity contribution in [3.8, 4) is 17.6 Å². The maximum atomic E-state index is 13.1. The van der Waals surface area contributed by atoms with Gasteiger partial charge in [-0.25, -0.2) is 8.42 Å². The van der Waals surface area contributed by atoms with E-state index < -0.39 is 10.0 Å². The molecule has 0 N–H and O–H groups in total. The molecule has 0 aromatic heterocycles. The van der Waals surface area contributed by atoms with Crippen LogP contribution in [0.25, 0.3) is 0 Å². The van der Waals surface area contributed by atoms with E-state index in [2.05, 4.69) is 12.6 Å². The molecule has 0 aliphatic carbocycles. The van der Waals surface area contributed by atoms with Crippen LogP contribution in [0.5, 0.6) is 11.5 Å². The summed E-state index contributed by atoms with van der Waals surface area (Å²) in [7, 11) is -3.77. The van der Waals surface area contributed by atoms with E-state index in [1.807, 2.05) is 0 Å². The molecular weight excluding hydrogens is 352 g/mol. The molecule has 0 saturated heterocycles. The van der Waals surface area contributed by atoms with Crippen LogP contribution in [-0.2, 0) is 16.6 Å². The normalized spacial score (nSPS) is 13.2. The van der Waals surface area contributed by atoms with E-state index in [0.29, 0.717) is 30.3 Å². The molecule has 2 aromatic rings. The largest absolute Gasteiger partial charge is 0.486 e. The van der Waals surface area contributed by atoms with Crippen LogP contribution in [0.2, 0.25) is 0 Å². The quantitative estimate of drug-likeness (QED) is 0.731. The lowest BCUT2D eigenvalue weighted by atomic mass is 10.1. The summed E-state index contributed by atoms with van der Waals surface area (Å²) in [5.74, 6) is 0.953. The van der Waals surface area contributed by atoms with Crippen LogP contribution < -0.4 is 9.47 Å². The average Bonchev–Trinajstić information content (AvgIpc) is 2.67. The zero-order chi connectivity index (χ0) is 18.6. The molecule has 6 nitrogen and oxygen atoms in total. The van der Waals surface area contributed by atoms with Crippen molar-refractivity contribution in [3.05, 3.63) is 66.2 Å². The van der Waals surface area contributed by atoms with Crippen LogP contribution in [0, 0.1) is 11.3 Å². The van der Waals surface area contributed by atoms with Gasteiger partial charge in [-0.3, -0.25) is 0 Å². The minimum absolute atomic E-state index is 0.125. The number of hydrogen-bond donors (Lipinski definition) is 0. The lowest BCUT2D eigenvalue weighted by Gasteiger charge is -2.23. The zero-order valence-corrected chi connectivity index (χ0v) is 14.9.